The zero-order chi connectivity index (χ0) is 18.3. The van der Waals surface area contributed by atoms with Crippen LogP contribution >= 0.6 is 0 Å². The molecule has 2 aliphatic rings. The lowest BCUT2D eigenvalue weighted by Crippen LogP contribution is -2.42. The highest BCUT2D eigenvalue weighted by atomic mass is 16.5. The van der Waals surface area contributed by atoms with Crippen molar-refractivity contribution in [2.75, 3.05) is 6.61 Å². The van der Waals surface area contributed by atoms with Crippen molar-refractivity contribution in [2.24, 2.45) is 5.92 Å². The standard InChI is InChI=1S/C20H24N2O4/c1-11-17(12(2)26-22-11)10-19(24)21-20(15-8-16(23)9-15)14-3-4-18-13(7-14)5-6-25-18/h3-4,7,15-16,20,23H,5-6,8-10H2,1-2H3,(H,21,24)/t15?,16?,20-/m0/s1. The van der Waals surface area contributed by atoms with Crippen LogP contribution < -0.4 is 10.1 Å². The molecule has 0 spiro atoms. The van der Waals surface area contributed by atoms with Gasteiger partial charge in [0.05, 0.1) is 30.9 Å². The van der Waals surface area contributed by atoms with Crippen molar-refractivity contribution in [3.05, 3.63) is 46.3 Å². The van der Waals surface area contributed by atoms with E-state index in [9.17, 15) is 9.90 Å². The number of hydrogen-bond donors (Lipinski definition) is 2. The number of rotatable bonds is 5. The summed E-state index contributed by atoms with van der Waals surface area (Å²) in [6, 6.07) is 6.04. The maximum Gasteiger partial charge on any atom is 0.225 e. The molecule has 2 aromatic rings. The van der Waals surface area contributed by atoms with Gasteiger partial charge >= 0.3 is 0 Å². The van der Waals surface area contributed by atoms with E-state index < -0.39 is 0 Å². The first-order valence-electron chi connectivity index (χ1n) is 9.16. The zero-order valence-electron chi connectivity index (χ0n) is 15.1. The summed E-state index contributed by atoms with van der Waals surface area (Å²) in [6.45, 7) is 4.38. The number of nitrogens with zero attached hydrogens (tertiary/aromatic N) is 1. The summed E-state index contributed by atoms with van der Waals surface area (Å²) in [5, 5.41) is 16.8. The molecule has 0 saturated heterocycles. The number of aliphatic hydroxyl groups excluding tert-OH is 1. The minimum Gasteiger partial charge on any atom is -0.493 e. The normalized spacial score (nSPS) is 22.3. The van der Waals surface area contributed by atoms with E-state index in [0.29, 0.717) is 25.2 Å². The van der Waals surface area contributed by atoms with Gasteiger partial charge in [-0.05, 0) is 55.9 Å². The summed E-state index contributed by atoms with van der Waals surface area (Å²) in [4.78, 5) is 12.7. The van der Waals surface area contributed by atoms with Crippen LogP contribution in [0, 0.1) is 19.8 Å². The molecular formula is C20H24N2O4. The average molecular weight is 356 g/mol. The van der Waals surface area contributed by atoms with Crippen molar-refractivity contribution in [1.29, 1.82) is 0 Å². The molecule has 1 atom stereocenters. The molecular weight excluding hydrogens is 332 g/mol. The number of aliphatic hydroxyl groups is 1. The molecule has 1 aliphatic carbocycles. The Hall–Kier alpha value is -2.34. The second kappa shape index (κ2) is 6.76. The highest BCUT2D eigenvalue weighted by Gasteiger charge is 2.36. The number of carbonyl (C=O) groups excluding carboxylic acids is 1. The van der Waals surface area contributed by atoms with Crippen LogP contribution in [0.15, 0.2) is 22.7 Å². The van der Waals surface area contributed by atoms with Crippen LogP contribution in [0.1, 0.15) is 47.0 Å². The van der Waals surface area contributed by atoms with E-state index in [0.717, 1.165) is 29.0 Å². The first kappa shape index (κ1) is 17.1. The van der Waals surface area contributed by atoms with Crippen LogP contribution in [0.4, 0.5) is 0 Å². The van der Waals surface area contributed by atoms with Crippen molar-refractivity contribution in [3.8, 4) is 5.75 Å². The molecule has 6 heteroatoms. The Morgan fingerprint density at radius 3 is 2.88 bits per heavy atom. The molecule has 0 radical (unpaired) electrons. The zero-order valence-corrected chi connectivity index (χ0v) is 15.1. The molecule has 1 fully saturated rings. The van der Waals surface area contributed by atoms with Crippen molar-refractivity contribution in [3.63, 3.8) is 0 Å². The maximum absolute atomic E-state index is 12.7. The fourth-order valence-electron chi connectivity index (χ4n) is 3.91. The van der Waals surface area contributed by atoms with Gasteiger partial charge in [-0.1, -0.05) is 11.2 Å². The fourth-order valence-corrected chi connectivity index (χ4v) is 3.91. The average Bonchev–Trinajstić information content (AvgIpc) is 3.18. The third-order valence-corrected chi connectivity index (χ3v) is 5.53. The number of benzene rings is 1. The van der Waals surface area contributed by atoms with Crippen LogP contribution in [0.3, 0.4) is 0 Å². The fraction of sp³-hybridized carbons (Fsp3) is 0.500. The summed E-state index contributed by atoms with van der Waals surface area (Å²) >= 11 is 0. The van der Waals surface area contributed by atoms with Crippen molar-refractivity contribution in [1.82, 2.24) is 10.5 Å². The molecule has 138 valence electrons. The summed E-state index contributed by atoms with van der Waals surface area (Å²) < 4.78 is 10.7. The van der Waals surface area contributed by atoms with E-state index in [1.54, 1.807) is 0 Å². The summed E-state index contributed by atoms with van der Waals surface area (Å²) in [7, 11) is 0. The Balaban J connectivity index is 1.53. The van der Waals surface area contributed by atoms with E-state index in [1.165, 1.54) is 5.56 Å². The highest BCUT2D eigenvalue weighted by Crippen LogP contribution is 2.39. The smallest absolute Gasteiger partial charge is 0.225 e. The van der Waals surface area contributed by atoms with Gasteiger partial charge in [-0.3, -0.25) is 4.79 Å². The number of aromatic nitrogens is 1. The van der Waals surface area contributed by atoms with Gasteiger partial charge in [0.25, 0.3) is 0 Å². The van der Waals surface area contributed by atoms with E-state index in [1.807, 2.05) is 26.0 Å². The molecule has 1 amide bonds. The monoisotopic (exact) mass is 356 g/mol. The van der Waals surface area contributed by atoms with Gasteiger partial charge in [0, 0.05) is 12.0 Å². The Morgan fingerprint density at radius 2 is 2.19 bits per heavy atom. The summed E-state index contributed by atoms with van der Waals surface area (Å²) in [5.41, 5.74) is 3.87. The second-order valence-corrected chi connectivity index (χ2v) is 7.38. The van der Waals surface area contributed by atoms with Gasteiger partial charge in [0.15, 0.2) is 0 Å². The summed E-state index contributed by atoms with van der Waals surface area (Å²) in [6.07, 6.45) is 2.31. The lowest BCUT2D eigenvalue weighted by atomic mass is 9.74. The maximum atomic E-state index is 12.7. The Bertz CT molecular complexity index is 804. The van der Waals surface area contributed by atoms with Gasteiger partial charge in [-0.15, -0.1) is 0 Å². The van der Waals surface area contributed by atoms with Gasteiger partial charge in [-0.2, -0.15) is 0 Å². The van der Waals surface area contributed by atoms with Crippen molar-refractivity contribution >= 4 is 5.91 Å². The SMILES string of the molecule is Cc1noc(C)c1CC(=O)N[C@@H](c1ccc2c(c1)CCO2)C1CC(O)C1. The molecule has 1 saturated carbocycles. The molecule has 1 aromatic heterocycles. The topological polar surface area (TPSA) is 84.6 Å². The van der Waals surface area contributed by atoms with Gasteiger partial charge in [0.1, 0.15) is 11.5 Å². The van der Waals surface area contributed by atoms with Crippen LogP contribution in [-0.4, -0.2) is 28.9 Å². The number of fused-ring (bicyclic) bond motifs is 1. The number of nitrogens with one attached hydrogen (secondary N) is 1. The number of aryl methyl sites for hydroxylation is 2. The molecule has 1 aliphatic heterocycles. The van der Waals surface area contributed by atoms with Gasteiger partial charge in [0.2, 0.25) is 5.91 Å². The van der Waals surface area contributed by atoms with Gasteiger partial charge < -0.3 is 19.7 Å². The van der Waals surface area contributed by atoms with Gasteiger partial charge in [-0.25, -0.2) is 0 Å². The largest absolute Gasteiger partial charge is 0.493 e. The minimum atomic E-state index is -0.264. The predicted octanol–water partition coefficient (Wildman–Crippen LogP) is 2.40. The van der Waals surface area contributed by atoms with E-state index in [2.05, 4.69) is 16.5 Å². The Morgan fingerprint density at radius 1 is 1.38 bits per heavy atom. The van der Waals surface area contributed by atoms with E-state index >= 15 is 0 Å². The summed E-state index contributed by atoms with van der Waals surface area (Å²) in [5.74, 6) is 1.81. The molecule has 0 bridgehead atoms. The first-order valence-corrected chi connectivity index (χ1v) is 9.16. The molecule has 2 N–H and O–H groups in total. The van der Waals surface area contributed by atoms with Crippen LogP contribution in [0.2, 0.25) is 0 Å². The van der Waals surface area contributed by atoms with Crippen LogP contribution in [0.25, 0.3) is 0 Å². The van der Waals surface area contributed by atoms with Crippen LogP contribution in [-0.2, 0) is 17.6 Å². The number of amides is 1. The number of hydrogen-bond acceptors (Lipinski definition) is 5. The lowest BCUT2D eigenvalue weighted by molar-refractivity contribution is -0.122. The highest BCUT2D eigenvalue weighted by molar-refractivity contribution is 5.79. The molecule has 2 heterocycles. The predicted molar refractivity (Wildman–Crippen MR) is 94.9 cm³/mol. The second-order valence-electron chi connectivity index (χ2n) is 7.38. The molecule has 1 aromatic carbocycles. The quantitative estimate of drug-likeness (QED) is 0.859. The third-order valence-electron chi connectivity index (χ3n) is 5.53. The molecule has 6 nitrogen and oxygen atoms in total. The number of ether oxygens (including phenoxy) is 1. The van der Waals surface area contributed by atoms with E-state index in [-0.39, 0.29) is 30.4 Å². The van der Waals surface area contributed by atoms with E-state index in [4.69, 9.17) is 9.26 Å². The van der Waals surface area contributed by atoms with Crippen molar-refractivity contribution < 1.29 is 19.2 Å². The molecule has 4 rings (SSSR count). The molecule has 0 unspecified atom stereocenters. The lowest BCUT2D eigenvalue weighted by Gasteiger charge is -2.38. The first-order chi connectivity index (χ1) is 12.5. The van der Waals surface area contributed by atoms with Crippen LogP contribution in [0.5, 0.6) is 5.75 Å². The Kier molecular flexibility index (Phi) is 4.44. The number of carbonyl (C=O) groups is 1. The minimum absolute atomic E-state index is 0.0532. The third kappa shape index (κ3) is 3.21. The Labute approximate surface area is 152 Å². The van der Waals surface area contributed by atoms with Crippen molar-refractivity contribution in [2.45, 2.75) is 51.7 Å². The molecule has 26 heavy (non-hydrogen) atoms.